The molecule has 2 unspecified atom stereocenters. The van der Waals surface area contributed by atoms with Gasteiger partial charge in [-0.2, -0.15) is 0 Å². The van der Waals surface area contributed by atoms with Crippen LogP contribution in [-0.4, -0.2) is 31.7 Å². The Kier molecular flexibility index (Phi) is 2.65. The first-order chi connectivity index (χ1) is 6.35. The summed E-state index contributed by atoms with van der Waals surface area (Å²) in [6, 6.07) is 0. The summed E-state index contributed by atoms with van der Waals surface area (Å²) in [5, 5.41) is 0. The minimum absolute atomic E-state index is 0.460. The smallest absolute Gasteiger partial charge is 0.151 e. The Hall–Kier alpha value is -0.410. The molecule has 2 saturated heterocycles. The van der Waals surface area contributed by atoms with Gasteiger partial charge in [0.15, 0.2) is 6.29 Å². The molecule has 0 aromatic rings. The van der Waals surface area contributed by atoms with Crippen molar-refractivity contribution in [2.75, 3.05) is 19.8 Å². The summed E-state index contributed by atoms with van der Waals surface area (Å²) < 4.78 is 10.8. The summed E-state index contributed by atoms with van der Waals surface area (Å²) in [6.07, 6.45) is 4.85. The lowest BCUT2D eigenvalue weighted by atomic mass is 9.89. The molecule has 74 valence electrons. The van der Waals surface area contributed by atoms with Gasteiger partial charge < -0.3 is 14.3 Å². The summed E-state index contributed by atoms with van der Waals surface area (Å²) in [5.74, 6) is 0.531. The zero-order chi connectivity index (χ0) is 9.15. The van der Waals surface area contributed by atoms with E-state index in [4.69, 9.17) is 9.47 Å². The zero-order valence-corrected chi connectivity index (χ0v) is 7.83. The molecule has 3 heteroatoms. The highest BCUT2D eigenvalue weighted by molar-refractivity contribution is 5.63. The van der Waals surface area contributed by atoms with Crippen LogP contribution < -0.4 is 0 Å². The van der Waals surface area contributed by atoms with Gasteiger partial charge in [-0.1, -0.05) is 0 Å². The van der Waals surface area contributed by atoms with Crippen molar-refractivity contribution in [1.82, 2.24) is 0 Å². The maximum atomic E-state index is 11.0. The number of aldehydes is 1. The first kappa shape index (κ1) is 9.16. The third-order valence-corrected chi connectivity index (χ3v) is 3.01. The molecule has 2 rings (SSSR count). The molecule has 13 heavy (non-hydrogen) atoms. The highest BCUT2D eigenvalue weighted by atomic mass is 16.5. The largest absolute Gasteiger partial charge is 0.381 e. The lowest BCUT2D eigenvalue weighted by Crippen LogP contribution is -2.32. The number of hydrogen-bond donors (Lipinski definition) is 0. The SMILES string of the molecule is O=CC1(CC2CCOC2)CCCO1. The number of carbonyl (C=O) groups is 1. The van der Waals surface area contributed by atoms with E-state index in [1.54, 1.807) is 0 Å². The van der Waals surface area contributed by atoms with Crippen LogP contribution in [0.3, 0.4) is 0 Å². The van der Waals surface area contributed by atoms with Gasteiger partial charge in [-0.3, -0.25) is 0 Å². The van der Waals surface area contributed by atoms with Gasteiger partial charge in [-0.05, 0) is 31.6 Å². The fraction of sp³-hybridized carbons (Fsp3) is 0.900. The van der Waals surface area contributed by atoms with E-state index in [9.17, 15) is 4.79 Å². The summed E-state index contributed by atoms with van der Waals surface area (Å²) in [7, 11) is 0. The van der Waals surface area contributed by atoms with Gasteiger partial charge in [0.1, 0.15) is 5.60 Å². The fourth-order valence-electron chi connectivity index (χ4n) is 2.25. The normalized spacial score (nSPS) is 39.5. The number of rotatable bonds is 3. The molecule has 2 aliphatic heterocycles. The second-order valence-electron chi connectivity index (χ2n) is 4.07. The molecule has 2 fully saturated rings. The van der Waals surface area contributed by atoms with Crippen molar-refractivity contribution in [2.24, 2.45) is 5.92 Å². The number of carbonyl (C=O) groups excluding carboxylic acids is 1. The molecule has 0 radical (unpaired) electrons. The van der Waals surface area contributed by atoms with E-state index in [0.717, 1.165) is 51.8 Å². The molecule has 0 aromatic carbocycles. The van der Waals surface area contributed by atoms with Crippen LogP contribution in [0.1, 0.15) is 25.7 Å². The summed E-state index contributed by atoms with van der Waals surface area (Å²) >= 11 is 0. The first-order valence-corrected chi connectivity index (χ1v) is 5.03. The van der Waals surface area contributed by atoms with Crippen LogP contribution in [0.4, 0.5) is 0 Å². The van der Waals surface area contributed by atoms with Crippen LogP contribution >= 0.6 is 0 Å². The molecular weight excluding hydrogens is 168 g/mol. The van der Waals surface area contributed by atoms with Crippen LogP contribution in [0.25, 0.3) is 0 Å². The topological polar surface area (TPSA) is 35.5 Å². The lowest BCUT2D eigenvalue weighted by molar-refractivity contribution is -0.127. The number of ether oxygens (including phenoxy) is 2. The zero-order valence-electron chi connectivity index (χ0n) is 7.83. The van der Waals surface area contributed by atoms with E-state index in [1.165, 1.54) is 0 Å². The minimum atomic E-state index is -0.460. The van der Waals surface area contributed by atoms with Crippen molar-refractivity contribution in [1.29, 1.82) is 0 Å². The predicted molar refractivity (Wildman–Crippen MR) is 47.5 cm³/mol. The standard InChI is InChI=1S/C10H16O3/c11-8-10(3-1-4-13-10)6-9-2-5-12-7-9/h8-9H,1-7H2. The van der Waals surface area contributed by atoms with Gasteiger partial charge in [0.25, 0.3) is 0 Å². The van der Waals surface area contributed by atoms with Gasteiger partial charge >= 0.3 is 0 Å². The van der Waals surface area contributed by atoms with E-state index in [0.29, 0.717) is 5.92 Å². The van der Waals surface area contributed by atoms with Crippen LogP contribution in [0.2, 0.25) is 0 Å². The maximum absolute atomic E-state index is 11.0. The molecule has 0 aliphatic carbocycles. The van der Waals surface area contributed by atoms with Crippen molar-refractivity contribution in [3.05, 3.63) is 0 Å². The van der Waals surface area contributed by atoms with Crippen molar-refractivity contribution in [2.45, 2.75) is 31.3 Å². The number of hydrogen-bond acceptors (Lipinski definition) is 3. The molecule has 0 amide bonds. The van der Waals surface area contributed by atoms with Gasteiger partial charge in [0, 0.05) is 19.8 Å². The van der Waals surface area contributed by atoms with E-state index in [2.05, 4.69) is 0 Å². The Bertz CT molecular complexity index is 179. The molecular formula is C10H16O3. The average molecular weight is 184 g/mol. The van der Waals surface area contributed by atoms with Crippen LogP contribution in [0.5, 0.6) is 0 Å². The molecule has 0 bridgehead atoms. The lowest BCUT2D eigenvalue weighted by Gasteiger charge is -2.24. The highest BCUT2D eigenvalue weighted by Gasteiger charge is 2.37. The molecule has 0 aromatic heterocycles. The monoisotopic (exact) mass is 184 g/mol. The molecule has 2 aliphatic rings. The molecule has 2 heterocycles. The van der Waals surface area contributed by atoms with Crippen LogP contribution in [0, 0.1) is 5.92 Å². The van der Waals surface area contributed by atoms with Gasteiger partial charge in [-0.25, -0.2) is 0 Å². The second kappa shape index (κ2) is 3.76. The minimum Gasteiger partial charge on any atom is -0.381 e. The van der Waals surface area contributed by atoms with E-state index in [1.807, 2.05) is 0 Å². The Morgan fingerprint density at radius 2 is 2.38 bits per heavy atom. The van der Waals surface area contributed by atoms with Crippen molar-refractivity contribution in [3.8, 4) is 0 Å². The summed E-state index contributed by atoms with van der Waals surface area (Å²) in [6.45, 7) is 2.39. The Labute approximate surface area is 78.4 Å². The van der Waals surface area contributed by atoms with Crippen molar-refractivity contribution >= 4 is 6.29 Å². The summed E-state index contributed by atoms with van der Waals surface area (Å²) in [5.41, 5.74) is -0.460. The first-order valence-electron chi connectivity index (χ1n) is 5.03. The fourth-order valence-corrected chi connectivity index (χ4v) is 2.25. The molecule has 2 atom stereocenters. The molecule has 0 spiro atoms. The van der Waals surface area contributed by atoms with Crippen molar-refractivity contribution in [3.63, 3.8) is 0 Å². The predicted octanol–water partition coefficient (Wildman–Crippen LogP) is 1.16. The summed E-state index contributed by atoms with van der Waals surface area (Å²) in [4.78, 5) is 11.0. The Morgan fingerprint density at radius 3 is 2.92 bits per heavy atom. The second-order valence-corrected chi connectivity index (χ2v) is 4.07. The average Bonchev–Trinajstić information content (AvgIpc) is 2.77. The Balaban J connectivity index is 1.92. The van der Waals surface area contributed by atoms with Gasteiger partial charge in [-0.15, -0.1) is 0 Å². The van der Waals surface area contributed by atoms with Gasteiger partial charge in [0.05, 0.1) is 0 Å². The molecule has 3 nitrogen and oxygen atoms in total. The third kappa shape index (κ3) is 1.92. The molecule has 0 N–H and O–H groups in total. The van der Waals surface area contributed by atoms with Gasteiger partial charge in [0.2, 0.25) is 0 Å². The maximum Gasteiger partial charge on any atom is 0.151 e. The Morgan fingerprint density at radius 1 is 1.46 bits per heavy atom. The quantitative estimate of drug-likeness (QED) is 0.617. The van der Waals surface area contributed by atoms with Crippen LogP contribution in [0.15, 0.2) is 0 Å². The highest BCUT2D eigenvalue weighted by Crippen LogP contribution is 2.32. The van der Waals surface area contributed by atoms with E-state index < -0.39 is 5.60 Å². The third-order valence-electron chi connectivity index (χ3n) is 3.01. The van der Waals surface area contributed by atoms with Crippen LogP contribution in [-0.2, 0) is 14.3 Å². The van der Waals surface area contributed by atoms with E-state index in [-0.39, 0.29) is 0 Å². The molecule has 0 saturated carbocycles. The van der Waals surface area contributed by atoms with Crippen molar-refractivity contribution < 1.29 is 14.3 Å². The van der Waals surface area contributed by atoms with E-state index >= 15 is 0 Å².